The van der Waals surface area contributed by atoms with Crippen LogP contribution in [0.3, 0.4) is 0 Å². The Balaban J connectivity index is 2.37. The summed E-state index contributed by atoms with van der Waals surface area (Å²) in [7, 11) is 1.69. The molecule has 2 amide bonds. The fourth-order valence-electron chi connectivity index (χ4n) is 1.93. The molecule has 0 radical (unpaired) electrons. The van der Waals surface area contributed by atoms with Gasteiger partial charge in [0.1, 0.15) is 0 Å². The predicted molar refractivity (Wildman–Crippen MR) is 61.9 cm³/mol. The van der Waals surface area contributed by atoms with E-state index in [-0.39, 0.29) is 24.3 Å². The summed E-state index contributed by atoms with van der Waals surface area (Å²) in [4.78, 5) is 24.8. The highest BCUT2D eigenvalue weighted by Crippen LogP contribution is 2.13. The van der Waals surface area contributed by atoms with Crippen molar-refractivity contribution in [3.8, 4) is 0 Å². The van der Waals surface area contributed by atoms with Crippen molar-refractivity contribution in [3.63, 3.8) is 0 Å². The number of rotatable bonds is 4. The van der Waals surface area contributed by atoms with Crippen molar-refractivity contribution in [2.24, 2.45) is 5.92 Å². The van der Waals surface area contributed by atoms with E-state index >= 15 is 0 Å². The Bertz CT molecular complexity index is 250. The van der Waals surface area contributed by atoms with Gasteiger partial charge in [-0.25, -0.2) is 0 Å². The predicted octanol–water partition coefficient (Wildman–Crippen LogP) is -0.419. The number of carbonyl (C=O) groups excluding carboxylic acids is 2. The third-order valence-corrected chi connectivity index (χ3v) is 2.82. The van der Waals surface area contributed by atoms with Gasteiger partial charge in [0.2, 0.25) is 11.8 Å². The average Bonchev–Trinajstić information content (AvgIpc) is 2.29. The van der Waals surface area contributed by atoms with Crippen LogP contribution < -0.4 is 10.6 Å². The fraction of sp³-hybridized carbons (Fsp3) is 0.818. The SMILES string of the molecule is CCNC(=O)CN(C)C(=O)C1CCNCC1. The van der Waals surface area contributed by atoms with Crippen molar-refractivity contribution in [1.29, 1.82) is 0 Å². The van der Waals surface area contributed by atoms with Crippen molar-refractivity contribution < 1.29 is 9.59 Å². The van der Waals surface area contributed by atoms with E-state index in [1.54, 1.807) is 7.05 Å². The molecule has 0 aromatic carbocycles. The molecule has 5 nitrogen and oxygen atoms in total. The highest BCUT2D eigenvalue weighted by atomic mass is 16.2. The molecule has 0 atom stereocenters. The second-order valence-corrected chi connectivity index (χ2v) is 4.17. The number of nitrogens with one attached hydrogen (secondary N) is 2. The first-order valence-electron chi connectivity index (χ1n) is 5.87. The van der Waals surface area contributed by atoms with Crippen LogP contribution in [0.5, 0.6) is 0 Å². The second kappa shape index (κ2) is 6.48. The third kappa shape index (κ3) is 3.81. The molecule has 0 aliphatic carbocycles. The van der Waals surface area contributed by atoms with Gasteiger partial charge in [-0.1, -0.05) is 0 Å². The van der Waals surface area contributed by atoms with E-state index in [0.717, 1.165) is 25.9 Å². The number of piperidine rings is 1. The van der Waals surface area contributed by atoms with E-state index in [2.05, 4.69) is 10.6 Å². The Hall–Kier alpha value is -1.10. The molecule has 0 unspecified atom stereocenters. The first-order valence-corrected chi connectivity index (χ1v) is 5.87. The molecule has 0 bridgehead atoms. The summed E-state index contributed by atoms with van der Waals surface area (Å²) in [6, 6.07) is 0. The van der Waals surface area contributed by atoms with Crippen LogP contribution >= 0.6 is 0 Å². The average molecular weight is 227 g/mol. The Morgan fingerprint density at radius 3 is 2.56 bits per heavy atom. The van der Waals surface area contributed by atoms with Gasteiger partial charge < -0.3 is 15.5 Å². The van der Waals surface area contributed by atoms with Gasteiger partial charge in [-0.05, 0) is 32.9 Å². The quantitative estimate of drug-likeness (QED) is 0.686. The molecule has 1 aliphatic rings. The van der Waals surface area contributed by atoms with Crippen LogP contribution in [0, 0.1) is 5.92 Å². The molecule has 1 aliphatic heterocycles. The standard InChI is InChI=1S/C11H21N3O2/c1-3-13-10(15)8-14(2)11(16)9-4-6-12-7-5-9/h9,12H,3-8H2,1-2H3,(H,13,15). The summed E-state index contributed by atoms with van der Waals surface area (Å²) >= 11 is 0. The van der Waals surface area contributed by atoms with Gasteiger partial charge in [0.25, 0.3) is 0 Å². The number of amides is 2. The summed E-state index contributed by atoms with van der Waals surface area (Å²) in [5.41, 5.74) is 0. The molecule has 92 valence electrons. The zero-order valence-corrected chi connectivity index (χ0v) is 10.1. The second-order valence-electron chi connectivity index (χ2n) is 4.17. The molecule has 1 saturated heterocycles. The molecule has 16 heavy (non-hydrogen) atoms. The lowest BCUT2D eigenvalue weighted by Gasteiger charge is -2.26. The number of hydrogen-bond donors (Lipinski definition) is 2. The minimum Gasteiger partial charge on any atom is -0.355 e. The molecule has 1 fully saturated rings. The summed E-state index contributed by atoms with van der Waals surface area (Å²) < 4.78 is 0. The molecule has 0 spiro atoms. The zero-order chi connectivity index (χ0) is 12.0. The summed E-state index contributed by atoms with van der Waals surface area (Å²) in [6.45, 7) is 4.42. The molecule has 0 aromatic rings. The highest BCUT2D eigenvalue weighted by molar-refractivity contribution is 5.85. The first kappa shape index (κ1) is 13.0. The lowest BCUT2D eigenvalue weighted by Crippen LogP contribution is -2.43. The van der Waals surface area contributed by atoms with E-state index in [9.17, 15) is 9.59 Å². The molecule has 2 N–H and O–H groups in total. The van der Waals surface area contributed by atoms with Crippen molar-refractivity contribution in [1.82, 2.24) is 15.5 Å². The first-order chi connectivity index (χ1) is 7.65. The summed E-state index contributed by atoms with van der Waals surface area (Å²) in [5, 5.41) is 5.91. The summed E-state index contributed by atoms with van der Waals surface area (Å²) in [6.07, 6.45) is 1.75. The van der Waals surface area contributed by atoms with E-state index in [1.165, 1.54) is 4.90 Å². The molecule has 5 heteroatoms. The normalized spacial score (nSPS) is 16.9. The van der Waals surface area contributed by atoms with Crippen LogP contribution in [0.25, 0.3) is 0 Å². The van der Waals surface area contributed by atoms with Crippen molar-refractivity contribution in [2.75, 3.05) is 33.2 Å². The number of carbonyl (C=O) groups is 2. The number of hydrogen-bond acceptors (Lipinski definition) is 3. The van der Waals surface area contributed by atoms with E-state index in [0.29, 0.717) is 6.54 Å². The minimum atomic E-state index is -0.0905. The van der Waals surface area contributed by atoms with Crippen LogP contribution in [-0.2, 0) is 9.59 Å². The lowest BCUT2D eigenvalue weighted by molar-refractivity contribution is -0.138. The lowest BCUT2D eigenvalue weighted by atomic mass is 9.97. The van der Waals surface area contributed by atoms with Crippen molar-refractivity contribution >= 4 is 11.8 Å². The highest BCUT2D eigenvalue weighted by Gasteiger charge is 2.24. The van der Waals surface area contributed by atoms with Gasteiger partial charge in [0.15, 0.2) is 0 Å². The monoisotopic (exact) mass is 227 g/mol. The van der Waals surface area contributed by atoms with Gasteiger partial charge in [0.05, 0.1) is 6.54 Å². The van der Waals surface area contributed by atoms with Gasteiger partial charge in [-0.3, -0.25) is 9.59 Å². The topological polar surface area (TPSA) is 61.4 Å². The van der Waals surface area contributed by atoms with Crippen LogP contribution in [0.2, 0.25) is 0 Å². The minimum absolute atomic E-state index is 0.0840. The maximum absolute atomic E-state index is 12.0. The largest absolute Gasteiger partial charge is 0.355 e. The van der Waals surface area contributed by atoms with Gasteiger partial charge in [-0.15, -0.1) is 0 Å². The van der Waals surface area contributed by atoms with Crippen LogP contribution in [0.15, 0.2) is 0 Å². The third-order valence-electron chi connectivity index (χ3n) is 2.82. The van der Waals surface area contributed by atoms with Crippen molar-refractivity contribution in [2.45, 2.75) is 19.8 Å². The van der Waals surface area contributed by atoms with Crippen LogP contribution in [-0.4, -0.2) is 49.9 Å². The van der Waals surface area contributed by atoms with Crippen LogP contribution in [0.1, 0.15) is 19.8 Å². The Morgan fingerprint density at radius 1 is 1.38 bits per heavy atom. The molecular weight excluding hydrogens is 206 g/mol. The van der Waals surface area contributed by atoms with Gasteiger partial charge >= 0.3 is 0 Å². The Labute approximate surface area is 96.6 Å². The van der Waals surface area contributed by atoms with E-state index in [4.69, 9.17) is 0 Å². The number of likely N-dealkylation sites (N-methyl/N-ethyl adjacent to an activating group) is 2. The maximum atomic E-state index is 12.0. The summed E-state index contributed by atoms with van der Waals surface area (Å²) in [5.74, 6) is 0.0840. The molecular formula is C11H21N3O2. The Kier molecular flexibility index (Phi) is 5.25. The van der Waals surface area contributed by atoms with Gasteiger partial charge in [-0.2, -0.15) is 0 Å². The maximum Gasteiger partial charge on any atom is 0.239 e. The van der Waals surface area contributed by atoms with E-state index in [1.807, 2.05) is 6.92 Å². The Morgan fingerprint density at radius 2 is 2.00 bits per heavy atom. The molecule has 0 saturated carbocycles. The molecule has 1 rings (SSSR count). The van der Waals surface area contributed by atoms with Gasteiger partial charge in [0, 0.05) is 19.5 Å². The zero-order valence-electron chi connectivity index (χ0n) is 10.1. The molecule has 1 heterocycles. The molecule has 0 aromatic heterocycles. The van der Waals surface area contributed by atoms with Crippen LogP contribution in [0.4, 0.5) is 0 Å². The fourth-order valence-corrected chi connectivity index (χ4v) is 1.93. The van der Waals surface area contributed by atoms with E-state index < -0.39 is 0 Å². The van der Waals surface area contributed by atoms with Crippen molar-refractivity contribution in [3.05, 3.63) is 0 Å². The number of nitrogens with zero attached hydrogens (tertiary/aromatic N) is 1. The smallest absolute Gasteiger partial charge is 0.239 e.